The van der Waals surface area contributed by atoms with Crippen LogP contribution in [0.1, 0.15) is 51.6 Å². The van der Waals surface area contributed by atoms with Gasteiger partial charge in [-0.2, -0.15) is 0 Å². The molecule has 3 rings (SSSR count). The highest BCUT2D eigenvalue weighted by atomic mass is 16.5. The molecule has 0 saturated heterocycles. The molecule has 1 aliphatic heterocycles. The molecular formula is C25H27N3O6. The third-order valence-electron chi connectivity index (χ3n) is 5.49. The van der Waals surface area contributed by atoms with Gasteiger partial charge >= 0.3 is 5.97 Å². The Morgan fingerprint density at radius 2 is 1.53 bits per heavy atom. The molecule has 0 fully saturated rings. The van der Waals surface area contributed by atoms with Gasteiger partial charge in [-0.3, -0.25) is 28.9 Å². The molecule has 9 heteroatoms. The van der Waals surface area contributed by atoms with Gasteiger partial charge in [-0.25, -0.2) is 0 Å². The number of nitrogens with one attached hydrogen (secondary N) is 2. The van der Waals surface area contributed by atoms with Crippen LogP contribution in [-0.2, 0) is 19.1 Å². The Morgan fingerprint density at radius 1 is 0.941 bits per heavy atom. The predicted molar refractivity (Wildman–Crippen MR) is 124 cm³/mol. The number of hydrogen-bond donors (Lipinski definition) is 2. The topological polar surface area (TPSA) is 122 Å². The molecular weight excluding hydrogens is 438 g/mol. The average Bonchev–Trinajstić information content (AvgIpc) is 3.05. The molecule has 2 N–H and O–H groups in total. The van der Waals surface area contributed by atoms with E-state index < -0.39 is 23.9 Å². The maximum Gasteiger partial charge on any atom is 0.306 e. The Kier molecular flexibility index (Phi) is 7.78. The van der Waals surface area contributed by atoms with Crippen LogP contribution in [0, 0.1) is 13.8 Å². The number of hydrogen-bond acceptors (Lipinski definition) is 6. The van der Waals surface area contributed by atoms with Crippen LogP contribution in [0.3, 0.4) is 0 Å². The fourth-order valence-electron chi connectivity index (χ4n) is 3.64. The van der Waals surface area contributed by atoms with Crippen molar-refractivity contribution in [2.75, 3.05) is 18.4 Å². The number of aryl methyl sites for hydroxylation is 2. The lowest BCUT2D eigenvalue weighted by Gasteiger charge is -2.16. The number of esters is 1. The number of carbonyl (C=O) groups excluding carboxylic acids is 5. The van der Waals surface area contributed by atoms with E-state index in [4.69, 9.17) is 4.74 Å². The van der Waals surface area contributed by atoms with Crippen LogP contribution in [0.5, 0.6) is 0 Å². The minimum atomic E-state index is -1.10. The summed E-state index contributed by atoms with van der Waals surface area (Å²) >= 11 is 0. The molecule has 2 aromatic rings. The van der Waals surface area contributed by atoms with E-state index in [-0.39, 0.29) is 37.7 Å². The van der Waals surface area contributed by atoms with Crippen molar-refractivity contribution in [3.05, 3.63) is 64.7 Å². The zero-order valence-electron chi connectivity index (χ0n) is 19.3. The third kappa shape index (κ3) is 5.67. The highest BCUT2D eigenvalue weighted by Gasteiger charge is 2.34. The van der Waals surface area contributed by atoms with Crippen molar-refractivity contribution < 1.29 is 28.7 Å². The van der Waals surface area contributed by atoms with Crippen molar-refractivity contribution in [3.8, 4) is 0 Å². The van der Waals surface area contributed by atoms with Gasteiger partial charge in [0.05, 0.1) is 17.7 Å². The van der Waals surface area contributed by atoms with E-state index in [9.17, 15) is 24.0 Å². The van der Waals surface area contributed by atoms with E-state index in [1.54, 1.807) is 24.3 Å². The zero-order chi connectivity index (χ0) is 24.8. The summed E-state index contributed by atoms with van der Waals surface area (Å²) in [5.41, 5.74) is 3.20. The largest absolute Gasteiger partial charge is 0.453 e. The van der Waals surface area contributed by atoms with E-state index in [0.29, 0.717) is 16.8 Å². The van der Waals surface area contributed by atoms with Crippen LogP contribution in [0.4, 0.5) is 5.69 Å². The van der Waals surface area contributed by atoms with Crippen LogP contribution in [0.25, 0.3) is 0 Å². The second-order valence-corrected chi connectivity index (χ2v) is 8.08. The number of rotatable bonds is 9. The van der Waals surface area contributed by atoms with Crippen molar-refractivity contribution in [1.29, 1.82) is 0 Å². The van der Waals surface area contributed by atoms with Crippen LogP contribution in [0.15, 0.2) is 42.5 Å². The zero-order valence-corrected chi connectivity index (χ0v) is 19.3. The van der Waals surface area contributed by atoms with Gasteiger partial charge in [-0.15, -0.1) is 0 Å². The average molecular weight is 466 g/mol. The Hall–Kier alpha value is -4.01. The standard InChI is InChI=1S/C25H27N3O6/c1-15-8-6-9-16(2)22(15)27-20(29)14-26-23(31)17(3)34-21(30)12-7-13-28-24(32)18-10-4-5-11-19(18)25(28)33/h4-6,8-11,17H,7,12-14H2,1-3H3,(H,26,31)(H,27,29). The summed E-state index contributed by atoms with van der Waals surface area (Å²) in [7, 11) is 0. The maximum absolute atomic E-state index is 12.3. The second-order valence-electron chi connectivity index (χ2n) is 8.08. The molecule has 0 radical (unpaired) electrons. The van der Waals surface area contributed by atoms with E-state index in [0.717, 1.165) is 16.0 Å². The molecule has 1 heterocycles. The van der Waals surface area contributed by atoms with Crippen molar-refractivity contribution in [2.24, 2.45) is 0 Å². The fourth-order valence-corrected chi connectivity index (χ4v) is 3.64. The Bertz CT molecular complexity index is 1090. The van der Waals surface area contributed by atoms with Crippen molar-refractivity contribution >= 4 is 35.3 Å². The normalized spacial score (nSPS) is 13.3. The highest BCUT2D eigenvalue weighted by Crippen LogP contribution is 2.22. The number of benzene rings is 2. The van der Waals surface area contributed by atoms with Gasteiger partial charge in [0, 0.05) is 18.7 Å². The molecule has 0 aromatic heterocycles. The molecule has 34 heavy (non-hydrogen) atoms. The van der Waals surface area contributed by atoms with E-state index in [1.807, 2.05) is 32.0 Å². The fraction of sp³-hybridized carbons (Fsp3) is 0.320. The molecule has 9 nitrogen and oxygen atoms in total. The monoisotopic (exact) mass is 465 g/mol. The number of amides is 4. The third-order valence-corrected chi connectivity index (χ3v) is 5.49. The van der Waals surface area contributed by atoms with E-state index in [2.05, 4.69) is 10.6 Å². The minimum Gasteiger partial charge on any atom is -0.453 e. The summed E-state index contributed by atoms with van der Waals surface area (Å²) in [4.78, 5) is 62.2. The van der Waals surface area contributed by atoms with Crippen LogP contribution < -0.4 is 10.6 Å². The first-order valence-electron chi connectivity index (χ1n) is 11.0. The van der Waals surface area contributed by atoms with Gasteiger partial charge in [0.15, 0.2) is 6.10 Å². The Labute approximate surface area is 197 Å². The number of para-hydroxylation sites is 1. The first-order valence-corrected chi connectivity index (χ1v) is 11.0. The molecule has 1 aliphatic rings. The number of fused-ring (bicyclic) bond motifs is 1. The lowest BCUT2D eigenvalue weighted by Crippen LogP contribution is -2.40. The Balaban J connectivity index is 1.39. The van der Waals surface area contributed by atoms with Gasteiger partial charge in [0.2, 0.25) is 5.91 Å². The molecule has 0 bridgehead atoms. The summed E-state index contributed by atoms with van der Waals surface area (Å²) in [6, 6.07) is 12.2. The van der Waals surface area contributed by atoms with Gasteiger partial charge in [-0.05, 0) is 50.5 Å². The maximum atomic E-state index is 12.3. The Morgan fingerprint density at radius 3 is 2.12 bits per heavy atom. The molecule has 1 unspecified atom stereocenters. The van der Waals surface area contributed by atoms with Crippen LogP contribution in [-0.4, -0.2) is 53.7 Å². The summed E-state index contributed by atoms with van der Waals surface area (Å²) in [6.07, 6.45) is -0.964. The SMILES string of the molecule is Cc1cccc(C)c1NC(=O)CNC(=O)C(C)OC(=O)CCCN1C(=O)c2ccccc2C1=O. The van der Waals surface area contributed by atoms with Crippen LogP contribution >= 0.6 is 0 Å². The lowest BCUT2D eigenvalue weighted by atomic mass is 10.1. The van der Waals surface area contributed by atoms with E-state index >= 15 is 0 Å². The molecule has 0 spiro atoms. The van der Waals surface area contributed by atoms with Gasteiger partial charge in [0.1, 0.15) is 0 Å². The molecule has 2 aromatic carbocycles. The van der Waals surface area contributed by atoms with Gasteiger partial charge in [0.25, 0.3) is 17.7 Å². The quantitative estimate of drug-likeness (QED) is 0.433. The molecule has 178 valence electrons. The molecule has 0 saturated carbocycles. The summed E-state index contributed by atoms with van der Waals surface area (Å²) in [6.45, 7) is 4.95. The number of imide groups is 1. The summed E-state index contributed by atoms with van der Waals surface area (Å²) < 4.78 is 5.11. The highest BCUT2D eigenvalue weighted by molar-refractivity contribution is 6.21. The number of anilines is 1. The lowest BCUT2D eigenvalue weighted by molar-refractivity contribution is -0.155. The van der Waals surface area contributed by atoms with Crippen molar-refractivity contribution in [2.45, 2.75) is 39.7 Å². The van der Waals surface area contributed by atoms with E-state index in [1.165, 1.54) is 6.92 Å². The smallest absolute Gasteiger partial charge is 0.306 e. The number of nitrogens with zero attached hydrogens (tertiary/aromatic N) is 1. The predicted octanol–water partition coefficient (Wildman–Crippen LogP) is 2.37. The van der Waals surface area contributed by atoms with Crippen molar-refractivity contribution in [1.82, 2.24) is 10.2 Å². The number of ether oxygens (including phenoxy) is 1. The van der Waals surface area contributed by atoms with Gasteiger partial charge < -0.3 is 15.4 Å². The van der Waals surface area contributed by atoms with Crippen molar-refractivity contribution in [3.63, 3.8) is 0 Å². The number of carbonyl (C=O) groups is 5. The second kappa shape index (κ2) is 10.7. The minimum absolute atomic E-state index is 0.0700. The summed E-state index contributed by atoms with van der Waals surface area (Å²) in [5, 5.41) is 5.20. The molecule has 4 amide bonds. The molecule has 0 aliphatic carbocycles. The van der Waals surface area contributed by atoms with Crippen LogP contribution in [0.2, 0.25) is 0 Å². The van der Waals surface area contributed by atoms with Gasteiger partial charge in [-0.1, -0.05) is 30.3 Å². The first kappa shape index (κ1) is 24.6. The molecule has 1 atom stereocenters. The summed E-state index contributed by atoms with van der Waals surface area (Å²) in [5.74, 6) is -2.42. The first-order chi connectivity index (χ1) is 16.2.